The van der Waals surface area contributed by atoms with Crippen molar-refractivity contribution in [3.05, 3.63) is 35.4 Å². The van der Waals surface area contributed by atoms with Gasteiger partial charge in [-0.1, -0.05) is 24.3 Å². The number of hydrogen-bond acceptors (Lipinski definition) is 2. The maximum absolute atomic E-state index is 5.58. The highest BCUT2D eigenvalue weighted by molar-refractivity contribution is 5.24. The molecule has 13 heavy (non-hydrogen) atoms. The molecule has 1 aliphatic heterocycles. The van der Waals surface area contributed by atoms with Crippen LogP contribution < -0.4 is 5.73 Å². The maximum Gasteiger partial charge on any atom is 0.0825 e. The Labute approximate surface area is 78.7 Å². The largest absolute Gasteiger partial charge is 0.374 e. The molecule has 0 radical (unpaired) electrons. The molecule has 0 spiro atoms. The zero-order chi connectivity index (χ0) is 9.10. The number of rotatable bonds is 2. The van der Waals surface area contributed by atoms with Crippen LogP contribution in [0.15, 0.2) is 24.3 Å². The van der Waals surface area contributed by atoms with Crippen molar-refractivity contribution in [3.8, 4) is 0 Å². The van der Waals surface area contributed by atoms with Crippen molar-refractivity contribution in [1.29, 1.82) is 0 Å². The summed E-state index contributed by atoms with van der Waals surface area (Å²) in [6.45, 7) is 1.52. The Kier molecular flexibility index (Phi) is 2.62. The van der Waals surface area contributed by atoms with Gasteiger partial charge in [0.15, 0.2) is 0 Å². The van der Waals surface area contributed by atoms with Crippen LogP contribution in [0.25, 0.3) is 0 Å². The summed E-state index contributed by atoms with van der Waals surface area (Å²) in [6, 6.07) is 8.41. The smallest absolute Gasteiger partial charge is 0.0825 e. The van der Waals surface area contributed by atoms with Gasteiger partial charge < -0.3 is 10.5 Å². The van der Waals surface area contributed by atoms with Gasteiger partial charge in [0.25, 0.3) is 0 Å². The second kappa shape index (κ2) is 3.90. The summed E-state index contributed by atoms with van der Waals surface area (Å²) < 4.78 is 5.58. The van der Waals surface area contributed by atoms with E-state index in [0.29, 0.717) is 12.6 Å². The van der Waals surface area contributed by atoms with Crippen LogP contribution in [-0.4, -0.2) is 6.61 Å². The van der Waals surface area contributed by atoms with E-state index in [2.05, 4.69) is 24.3 Å². The van der Waals surface area contributed by atoms with Crippen LogP contribution in [0.1, 0.15) is 30.1 Å². The summed E-state index contributed by atoms with van der Waals surface area (Å²) in [4.78, 5) is 0. The zero-order valence-corrected chi connectivity index (χ0v) is 7.70. The number of benzene rings is 1. The highest BCUT2D eigenvalue weighted by atomic mass is 16.5. The number of ether oxygens (including phenoxy) is 1. The van der Waals surface area contributed by atoms with E-state index >= 15 is 0 Å². The lowest BCUT2D eigenvalue weighted by Gasteiger charge is -2.09. The van der Waals surface area contributed by atoms with Gasteiger partial charge in [-0.15, -0.1) is 0 Å². The summed E-state index contributed by atoms with van der Waals surface area (Å²) >= 11 is 0. The molecule has 0 amide bonds. The lowest BCUT2D eigenvalue weighted by molar-refractivity contribution is 0.112. The summed E-state index contributed by atoms with van der Waals surface area (Å²) in [5.74, 6) is 0. The van der Waals surface area contributed by atoms with E-state index in [1.165, 1.54) is 17.5 Å². The van der Waals surface area contributed by atoms with Crippen LogP contribution in [0.5, 0.6) is 0 Å². The first kappa shape index (κ1) is 8.73. The Hall–Kier alpha value is -0.860. The average molecular weight is 177 g/mol. The van der Waals surface area contributed by atoms with Gasteiger partial charge in [0.05, 0.1) is 6.10 Å². The van der Waals surface area contributed by atoms with Gasteiger partial charge in [0.2, 0.25) is 0 Å². The second-order valence-corrected chi connectivity index (χ2v) is 3.45. The van der Waals surface area contributed by atoms with E-state index < -0.39 is 0 Å². The molecular weight excluding hydrogens is 162 g/mol. The van der Waals surface area contributed by atoms with Crippen molar-refractivity contribution < 1.29 is 4.74 Å². The van der Waals surface area contributed by atoms with Crippen LogP contribution in [0, 0.1) is 0 Å². The van der Waals surface area contributed by atoms with Gasteiger partial charge in [-0.3, -0.25) is 0 Å². The van der Waals surface area contributed by atoms with Crippen molar-refractivity contribution in [2.75, 3.05) is 6.61 Å². The second-order valence-electron chi connectivity index (χ2n) is 3.45. The number of hydrogen-bond donors (Lipinski definition) is 1. The molecule has 0 aromatic heterocycles. The topological polar surface area (TPSA) is 35.2 Å². The molecule has 0 aliphatic carbocycles. The molecule has 2 rings (SSSR count). The first-order valence-electron chi connectivity index (χ1n) is 4.80. The van der Waals surface area contributed by atoms with Gasteiger partial charge in [-0.25, -0.2) is 0 Å². The van der Waals surface area contributed by atoms with Crippen LogP contribution in [0.2, 0.25) is 0 Å². The lowest BCUT2D eigenvalue weighted by Crippen LogP contribution is -1.98. The minimum absolute atomic E-state index is 0.326. The zero-order valence-electron chi connectivity index (χ0n) is 7.70. The Balaban J connectivity index is 2.12. The minimum atomic E-state index is 0.326. The van der Waals surface area contributed by atoms with Gasteiger partial charge in [-0.05, 0) is 24.0 Å². The van der Waals surface area contributed by atoms with Gasteiger partial charge in [0.1, 0.15) is 0 Å². The molecule has 1 aromatic carbocycles. The molecule has 1 heterocycles. The van der Waals surface area contributed by atoms with Gasteiger partial charge >= 0.3 is 0 Å². The Morgan fingerprint density at radius 2 is 2.08 bits per heavy atom. The monoisotopic (exact) mass is 177 g/mol. The van der Waals surface area contributed by atoms with E-state index in [-0.39, 0.29) is 0 Å². The van der Waals surface area contributed by atoms with E-state index in [1.54, 1.807) is 0 Å². The summed E-state index contributed by atoms with van der Waals surface area (Å²) in [5.41, 5.74) is 7.99. The maximum atomic E-state index is 5.58. The summed E-state index contributed by atoms with van der Waals surface area (Å²) in [7, 11) is 0. The first-order chi connectivity index (χ1) is 6.40. The molecule has 1 saturated heterocycles. The molecule has 1 aliphatic rings. The predicted octanol–water partition coefficient (Wildman–Crippen LogP) is 2.00. The molecule has 2 heteroatoms. The highest BCUT2D eigenvalue weighted by Crippen LogP contribution is 2.28. The lowest BCUT2D eigenvalue weighted by atomic mass is 10.1. The fraction of sp³-hybridized carbons (Fsp3) is 0.455. The SMILES string of the molecule is NCc1ccc(C2CCCO2)cc1. The molecular formula is C11H15NO. The third-order valence-electron chi connectivity index (χ3n) is 2.52. The molecule has 1 atom stereocenters. The van der Waals surface area contributed by atoms with Crippen LogP contribution in [-0.2, 0) is 11.3 Å². The average Bonchev–Trinajstić information content (AvgIpc) is 2.71. The van der Waals surface area contributed by atoms with Gasteiger partial charge in [0, 0.05) is 13.2 Å². The van der Waals surface area contributed by atoms with E-state index in [9.17, 15) is 0 Å². The molecule has 0 saturated carbocycles. The quantitative estimate of drug-likeness (QED) is 0.749. The third-order valence-corrected chi connectivity index (χ3v) is 2.52. The van der Waals surface area contributed by atoms with Crippen molar-refractivity contribution >= 4 is 0 Å². The van der Waals surface area contributed by atoms with E-state index in [1.807, 2.05) is 0 Å². The molecule has 1 unspecified atom stereocenters. The van der Waals surface area contributed by atoms with Crippen molar-refractivity contribution in [3.63, 3.8) is 0 Å². The summed E-state index contributed by atoms with van der Waals surface area (Å²) in [5, 5.41) is 0. The standard InChI is InChI=1S/C11H15NO/c12-8-9-3-5-10(6-4-9)11-2-1-7-13-11/h3-6,11H,1-2,7-8,12H2. The normalized spacial score (nSPS) is 22.1. The number of nitrogens with two attached hydrogens (primary N) is 1. The van der Waals surface area contributed by atoms with Gasteiger partial charge in [-0.2, -0.15) is 0 Å². The van der Waals surface area contributed by atoms with Crippen molar-refractivity contribution in [2.24, 2.45) is 5.73 Å². The Bertz CT molecular complexity index is 262. The molecule has 1 aromatic rings. The van der Waals surface area contributed by atoms with Crippen LogP contribution in [0.3, 0.4) is 0 Å². The highest BCUT2D eigenvalue weighted by Gasteiger charge is 2.16. The molecule has 1 fully saturated rings. The van der Waals surface area contributed by atoms with E-state index in [4.69, 9.17) is 10.5 Å². The van der Waals surface area contributed by atoms with E-state index in [0.717, 1.165) is 13.0 Å². The molecule has 2 nitrogen and oxygen atoms in total. The molecule has 2 N–H and O–H groups in total. The van der Waals surface area contributed by atoms with Crippen molar-refractivity contribution in [1.82, 2.24) is 0 Å². The molecule has 70 valence electrons. The first-order valence-corrected chi connectivity index (χ1v) is 4.80. The molecule has 0 bridgehead atoms. The Morgan fingerprint density at radius 3 is 2.62 bits per heavy atom. The van der Waals surface area contributed by atoms with Crippen LogP contribution >= 0.6 is 0 Å². The van der Waals surface area contributed by atoms with Crippen LogP contribution in [0.4, 0.5) is 0 Å². The fourth-order valence-corrected chi connectivity index (χ4v) is 1.71. The van der Waals surface area contributed by atoms with Crippen molar-refractivity contribution in [2.45, 2.75) is 25.5 Å². The third kappa shape index (κ3) is 1.90. The fourth-order valence-electron chi connectivity index (χ4n) is 1.71. The minimum Gasteiger partial charge on any atom is -0.374 e. The summed E-state index contributed by atoms with van der Waals surface area (Å²) in [6.07, 6.45) is 2.66. The Morgan fingerprint density at radius 1 is 1.31 bits per heavy atom. The predicted molar refractivity (Wildman–Crippen MR) is 52.3 cm³/mol.